The third-order valence-corrected chi connectivity index (χ3v) is 7.02. The van der Waals surface area contributed by atoms with Gasteiger partial charge >= 0.3 is 0 Å². The summed E-state index contributed by atoms with van der Waals surface area (Å²) in [6.45, 7) is 4.77. The Morgan fingerprint density at radius 1 is 1.07 bits per heavy atom. The van der Waals surface area contributed by atoms with Crippen molar-refractivity contribution < 1.29 is 4.79 Å². The molecule has 2 N–H and O–H groups in total. The summed E-state index contributed by atoms with van der Waals surface area (Å²) in [5, 5.41) is 2.93. The highest BCUT2D eigenvalue weighted by Gasteiger charge is 2.27. The van der Waals surface area contributed by atoms with Crippen molar-refractivity contribution in [1.82, 2.24) is 4.90 Å². The van der Waals surface area contributed by atoms with E-state index in [1.165, 1.54) is 15.8 Å². The van der Waals surface area contributed by atoms with Crippen molar-refractivity contribution in [2.24, 2.45) is 0 Å². The maximum absolute atomic E-state index is 13.5. The molecular formula is C26H24N2OS. The van der Waals surface area contributed by atoms with Gasteiger partial charge in [-0.15, -0.1) is 11.3 Å². The van der Waals surface area contributed by atoms with E-state index in [1.807, 2.05) is 30.3 Å². The zero-order valence-electron chi connectivity index (χ0n) is 17.0. The number of hydrogen-bond acceptors (Lipinski definition) is 4. The van der Waals surface area contributed by atoms with Gasteiger partial charge in [-0.1, -0.05) is 54.6 Å². The number of hydrogen-bond donors (Lipinski definition) is 1. The molecule has 1 aliphatic rings. The molecule has 0 bridgehead atoms. The lowest BCUT2D eigenvalue weighted by Crippen LogP contribution is -2.29. The minimum atomic E-state index is 0.0513. The van der Waals surface area contributed by atoms with Crippen LogP contribution < -0.4 is 5.73 Å². The van der Waals surface area contributed by atoms with Crippen LogP contribution in [0.3, 0.4) is 0 Å². The average Bonchev–Trinajstić information content (AvgIpc) is 3.09. The Labute approximate surface area is 180 Å². The molecule has 2 heterocycles. The third kappa shape index (κ3) is 3.42. The summed E-state index contributed by atoms with van der Waals surface area (Å²) in [5.74, 6) is 0.0513. The molecule has 4 aromatic rings. The smallest absolute Gasteiger partial charge is 0.196 e. The Hall–Kier alpha value is -2.95. The summed E-state index contributed by atoms with van der Waals surface area (Å²) < 4.78 is 0. The second-order valence-corrected chi connectivity index (χ2v) is 9.17. The molecule has 1 aliphatic heterocycles. The number of nitrogens with zero attached hydrogens (tertiary/aromatic N) is 1. The number of thiophene rings is 1. The van der Waals surface area contributed by atoms with Crippen molar-refractivity contribution in [3.05, 3.63) is 99.4 Å². The van der Waals surface area contributed by atoms with Crippen LogP contribution in [-0.4, -0.2) is 17.2 Å². The first-order chi connectivity index (χ1) is 14.6. The van der Waals surface area contributed by atoms with Crippen LogP contribution in [-0.2, 0) is 19.5 Å². The first-order valence-electron chi connectivity index (χ1n) is 10.3. The summed E-state index contributed by atoms with van der Waals surface area (Å²) in [5.41, 5.74) is 11.4. The van der Waals surface area contributed by atoms with Gasteiger partial charge in [-0.3, -0.25) is 9.69 Å². The first kappa shape index (κ1) is 19.0. The average molecular weight is 413 g/mol. The molecule has 0 radical (unpaired) electrons. The van der Waals surface area contributed by atoms with E-state index in [9.17, 15) is 4.79 Å². The molecule has 0 aliphatic carbocycles. The van der Waals surface area contributed by atoms with Gasteiger partial charge in [-0.05, 0) is 52.9 Å². The Morgan fingerprint density at radius 2 is 1.83 bits per heavy atom. The van der Waals surface area contributed by atoms with Gasteiger partial charge in [-0.25, -0.2) is 0 Å². The van der Waals surface area contributed by atoms with Crippen molar-refractivity contribution in [2.75, 3.05) is 12.3 Å². The molecule has 150 valence electrons. The molecule has 0 spiro atoms. The van der Waals surface area contributed by atoms with Crippen LogP contribution in [0.5, 0.6) is 0 Å². The number of ketones is 1. The molecule has 0 fully saturated rings. The predicted octanol–water partition coefficient (Wildman–Crippen LogP) is 5.58. The molecular weight excluding hydrogens is 388 g/mol. The van der Waals surface area contributed by atoms with Gasteiger partial charge in [0.15, 0.2) is 5.78 Å². The maximum atomic E-state index is 13.5. The van der Waals surface area contributed by atoms with Crippen LogP contribution in [0.1, 0.15) is 37.5 Å². The number of anilines is 1. The molecule has 4 heteroatoms. The highest BCUT2D eigenvalue weighted by atomic mass is 32.1. The molecule has 0 saturated carbocycles. The van der Waals surface area contributed by atoms with E-state index in [4.69, 9.17) is 5.73 Å². The van der Waals surface area contributed by atoms with Crippen LogP contribution in [0.4, 0.5) is 5.00 Å². The number of aryl methyl sites for hydroxylation is 1. The van der Waals surface area contributed by atoms with Crippen molar-refractivity contribution in [3.63, 3.8) is 0 Å². The molecule has 0 atom stereocenters. The highest BCUT2D eigenvalue weighted by molar-refractivity contribution is 7.16. The third-order valence-electron chi connectivity index (χ3n) is 5.97. The Bertz CT molecular complexity index is 1240. The van der Waals surface area contributed by atoms with E-state index in [-0.39, 0.29) is 5.78 Å². The second-order valence-electron chi connectivity index (χ2n) is 8.03. The fourth-order valence-corrected chi connectivity index (χ4v) is 5.64. The molecule has 5 rings (SSSR count). The largest absolute Gasteiger partial charge is 0.390 e. The topological polar surface area (TPSA) is 46.3 Å². The number of nitrogens with two attached hydrogens (primary N) is 1. The minimum Gasteiger partial charge on any atom is -0.390 e. The minimum absolute atomic E-state index is 0.0513. The van der Waals surface area contributed by atoms with Crippen LogP contribution in [0.25, 0.3) is 10.8 Å². The summed E-state index contributed by atoms with van der Waals surface area (Å²) in [6, 6.07) is 22.7. The van der Waals surface area contributed by atoms with Crippen LogP contribution >= 0.6 is 11.3 Å². The maximum Gasteiger partial charge on any atom is 0.196 e. The molecule has 3 aromatic carbocycles. The summed E-state index contributed by atoms with van der Waals surface area (Å²) >= 11 is 1.58. The Morgan fingerprint density at radius 3 is 2.67 bits per heavy atom. The number of fused-ring (bicyclic) bond motifs is 2. The van der Waals surface area contributed by atoms with Gasteiger partial charge in [0.05, 0.1) is 10.6 Å². The van der Waals surface area contributed by atoms with Gasteiger partial charge < -0.3 is 5.73 Å². The zero-order chi connectivity index (χ0) is 20.7. The standard InChI is InChI=1S/C26H24N2OS/c1-17-13-20(14-19-9-5-6-10-21(17)19)25(29)24-22-11-12-28(16-23(22)30-26(24)27)15-18-7-3-2-4-8-18/h2-10,13-14H,11-12,15-16,27H2,1H3. The van der Waals surface area contributed by atoms with Gasteiger partial charge in [0.2, 0.25) is 0 Å². The van der Waals surface area contributed by atoms with Crippen LogP contribution in [0, 0.1) is 6.92 Å². The van der Waals surface area contributed by atoms with Crippen LogP contribution in [0.15, 0.2) is 66.7 Å². The molecule has 0 unspecified atom stereocenters. The fourth-order valence-electron chi connectivity index (χ4n) is 4.48. The van der Waals surface area contributed by atoms with Crippen molar-refractivity contribution >= 4 is 32.9 Å². The van der Waals surface area contributed by atoms with E-state index in [1.54, 1.807) is 11.3 Å². The lowest BCUT2D eigenvalue weighted by atomic mass is 9.93. The Kier molecular flexibility index (Phi) is 4.89. The van der Waals surface area contributed by atoms with Crippen molar-refractivity contribution in [2.45, 2.75) is 26.4 Å². The van der Waals surface area contributed by atoms with E-state index in [0.29, 0.717) is 5.00 Å². The highest BCUT2D eigenvalue weighted by Crippen LogP contribution is 2.37. The lowest BCUT2D eigenvalue weighted by Gasteiger charge is -2.27. The number of carbonyl (C=O) groups excluding carboxylic acids is 1. The quantitative estimate of drug-likeness (QED) is 0.445. The van der Waals surface area contributed by atoms with E-state index in [0.717, 1.165) is 53.7 Å². The fraction of sp³-hybridized carbons (Fsp3) is 0.192. The molecule has 3 nitrogen and oxygen atoms in total. The Balaban J connectivity index is 1.45. The lowest BCUT2D eigenvalue weighted by molar-refractivity contribution is 0.103. The zero-order valence-corrected chi connectivity index (χ0v) is 17.8. The SMILES string of the molecule is Cc1cc(C(=O)c2c(N)sc3c2CCN(Cc2ccccc2)C3)cc2ccccc12. The predicted molar refractivity (Wildman–Crippen MR) is 125 cm³/mol. The number of rotatable bonds is 4. The van der Waals surface area contributed by atoms with E-state index < -0.39 is 0 Å². The van der Waals surface area contributed by atoms with Gasteiger partial charge in [0.25, 0.3) is 0 Å². The first-order valence-corrected chi connectivity index (χ1v) is 11.1. The van der Waals surface area contributed by atoms with E-state index in [2.05, 4.69) is 48.2 Å². The summed E-state index contributed by atoms with van der Waals surface area (Å²) in [4.78, 5) is 17.1. The number of nitrogen functional groups attached to an aromatic ring is 1. The number of benzene rings is 3. The van der Waals surface area contributed by atoms with Gasteiger partial charge in [-0.2, -0.15) is 0 Å². The normalized spacial score (nSPS) is 14.0. The molecule has 1 aromatic heterocycles. The number of carbonyl (C=O) groups is 1. The van der Waals surface area contributed by atoms with E-state index >= 15 is 0 Å². The molecule has 0 saturated heterocycles. The van der Waals surface area contributed by atoms with Gasteiger partial charge in [0.1, 0.15) is 0 Å². The monoisotopic (exact) mass is 412 g/mol. The molecule has 0 amide bonds. The van der Waals surface area contributed by atoms with Crippen molar-refractivity contribution in [3.8, 4) is 0 Å². The van der Waals surface area contributed by atoms with Crippen molar-refractivity contribution in [1.29, 1.82) is 0 Å². The summed E-state index contributed by atoms with van der Waals surface area (Å²) in [7, 11) is 0. The second kappa shape index (κ2) is 7.71. The molecule has 30 heavy (non-hydrogen) atoms. The van der Waals surface area contributed by atoms with Gasteiger partial charge in [0, 0.05) is 30.1 Å². The van der Waals surface area contributed by atoms with Crippen LogP contribution in [0.2, 0.25) is 0 Å². The summed E-state index contributed by atoms with van der Waals surface area (Å²) in [6.07, 6.45) is 0.865.